The molecule has 0 atom stereocenters. The summed E-state index contributed by atoms with van der Waals surface area (Å²) in [5.74, 6) is 0.859. The molecule has 25 heavy (non-hydrogen) atoms. The molecular formula is C20H21N3O2. The van der Waals surface area contributed by atoms with Crippen molar-refractivity contribution in [1.29, 1.82) is 0 Å². The largest absolute Gasteiger partial charge is 0.347 e. The van der Waals surface area contributed by atoms with Crippen molar-refractivity contribution in [3.8, 4) is 11.4 Å². The number of nitrogens with zero attached hydrogens (tertiary/aromatic N) is 2. The van der Waals surface area contributed by atoms with Crippen LogP contribution in [-0.2, 0) is 17.8 Å². The molecule has 0 unspecified atom stereocenters. The Bertz CT molecular complexity index is 899. The highest BCUT2D eigenvalue weighted by molar-refractivity contribution is 5.78. The summed E-state index contributed by atoms with van der Waals surface area (Å²) in [4.78, 5) is 16.5. The summed E-state index contributed by atoms with van der Waals surface area (Å²) in [7, 11) is 0. The van der Waals surface area contributed by atoms with E-state index in [1.165, 1.54) is 0 Å². The number of rotatable bonds is 5. The smallest absolute Gasteiger partial charge is 0.246 e. The van der Waals surface area contributed by atoms with Gasteiger partial charge in [-0.15, -0.1) is 0 Å². The predicted molar refractivity (Wildman–Crippen MR) is 95.9 cm³/mol. The molecule has 0 radical (unpaired) electrons. The summed E-state index contributed by atoms with van der Waals surface area (Å²) in [6.45, 7) is 6.26. The van der Waals surface area contributed by atoms with Crippen LogP contribution in [0.1, 0.15) is 28.1 Å². The van der Waals surface area contributed by atoms with Crippen molar-refractivity contribution in [1.82, 2.24) is 15.5 Å². The Hall–Kier alpha value is -2.95. The first-order valence-electron chi connectivity index (χ1n) is 8.24. The summed E-state index contributed by atoms with van der Waals surface area (Å²) < 4.78 is 5.23. The summed E-state index contributed by atoms with van der Waals surface area (Å²) in [6, 6.07) is 14.0. The molecule has 1 amide bonds. The van der Waals surface area contributed by atoms with Gasteiger partial charge in [0.2, 0.25) is 17.6 Å². The zero-order valence-corrected chi connectivity index (χ0v) is 14.7. The summed E-state index contributed by atoms with van der Waals surface area (Å²) >= 11 is 0. The quantitative estimate of drug-likeness (QED) is 0.774. The normalized spacial score (nSPS) is 10.7. The fourth-order valence-corrected chi connectivity index (χ4v) is 2.63. The molecule has 2 aromatic carbocycles. The minimum Gasteiger partial charge on any atom is -0.347 e. The van der Waals surface area contributed by atoms with Gasteiger partial charge >= 0.3 is 0 Å². The van der Waals surface area contributed by atoms with Crippen molar-refractivity contribution < 1.29 is 9.32 Å². The second kappa shape index (κ2) is 7.30. The van der Waals surface area contributed by atoms with Crippen LogP contribution in [0.4, 0.5) is 0 Å². The van der Waals surface area contributed by atoms with Gasteiger partial charge in [-0.05, 0) is 38.0 Å². The average Bonchev–Trinajstić information content (AvgIpc) is 3.05. The first-order valence-corrected chi connectivity index (χ1v) is 8.24. The van der Waals surface area contributed by atoms with Gasteiger partial charge in [0.25, 0.3) is 0 Å². The van der Waals surface area contributed by atoms with Crippen LogP contribution >= 0.6 is 0 Å². The van der Waals surface area contributed by atoms with Crippen LogP contribution in [0, 0.1) is 20.8 Å². The summed E-state index contributed by atoms with van der Waals surface area (Å²) in [5.41, 5.74) is 5.32. The van der Waals surface area contributed by atoms with E-state index in [4.69, 9.17) is 4.52 Å². The van der Waals surface area contributed by atoms with Crippen molar-refractivity contribution in [3.63, 3.8) is 0 Å². The van der Waals surface area contributed by atoms with Crippen molar-refractivity contribution in [2.75, 3.05) is 0 Å². The fourth-order valence-electron chi connectivity index (χ4n) is 2.63. The van der Waals surface area contributed by atoms with Gasteiger partial charge in [0.15, 0.2) is 0 Å². The van der Waals surface area contributed by atoms with Gasteiger partial charge in [0.1, 0.15) is 0 Å². The molecule has 5 nitrogen and oxygen atoms in total. The Balaban J connectivity index is 1.60. The summed E-state index contributed by atoms with van der Waals surface area (Å²) in [6.07, 6.45) is 0.340. The maximum atomic E-state index is 12.2. The molecule has 0 spiro atoms. The van der Waals surface area contributed by atoms with Crippen molar-refractivity contribution in [2.45, 2.75) is 33.7 Å². The molecule has 128 valence electrons. The second-order valence-corrected chi connectivity index (χ2v) is 6.26. The van der Waals surface area contributed by atoms with E-state index in [1.54, 1.807) is 0 Å². The number of carbonyl (C=O) groups is 1. The maximum Gasteiger partial charge on any atom is 0.246 e. The SMILES string of the molecule is Cc1cccc(-c2noc(CNC(=O)Cc3cc(C)ccc3C)n2)c1. The standard InChI is InChI=1S/C20H21N3O2/c1-13-5-4-6-16(9-13)20-22-19(25-23-20)12-21-18(24)11-17-10-14(2)7-8-15(17)3/h4-10H,11-12H2,1-3H3,(H,21,24). The third kappa shape index (κ3) is 4.32. The number of benzene rings is 2. The number of amides is 1. The highest BCUT2D eigenvalue weighted by Crippen LogP contribution is 2.17. The van der Waals surface area contributed by atoms with Crippen LogP contribution in [0.25, 0.3) is 11.4 Å². The highest BCUT2D eigenvalue weighted by atomic mass is 16.5. The van der Waals surface area contributed by atoms with Gasteiger partial charge < -0.3 is 9.84 Å². The molecule has 1 aromatic heterocycles. The maximum absolute atomic E-state index is 12.2. The predicted octanol–water partition coefficient (Wildman–Crippen LogP) is 3.52. The Morgan fingerprint density at radius 2 is 1.88 bits per heavy atom. The topological polar surface area (TPSA) is 68.0 Å². The fraction of sp³-hybridized carbons (Fsp3) is 0.250. The van der Waals surface area contributed by atoms with Crippen molar-refractivity contribution >= 4 is 5.91 Å². The van der Waals surface area contributed by atoms with E-state index in [0.29, 0.717) is 18.1 Å². The van der Waals surface area contributed by atoms with Crippen molar-refractivity contribution in [3.05, 3.63) is 70.6 Å². The van der Waals surface area contributed by atoms with Crippen LogP contribution in [0.5, 0.6) is 0 Å². The molecule has 0 aliphatic carbocycles. The van der Waals surface area contributed by atoms with E-state index >= 15 is 0 Å². The first-order chi connectivity index (χ1) is 12.0. The molecular weight excluding hydrogens is 314 g/mol. The molecule has 5 heteroatoms. The number of carbonyl (C=O) groups excluding carboxylic acids is 1. The summed E-state index contributed by atoms with van der Waals surface area (Å²) in [5, 5.41) is 6.81. The van der Waals surface area contributed by atoms with E-state index < -0.39 is 0 Å². The van der Waals surface area contributed by atoms with Crippen LogP contribution in [0.3, 0.4) is 0 Å². The zero-order valence-electron chi connectivity index (χ0n) is 14.7. The van der Waals surface area contributed by atoms with Crippen LogP contribution in [0.15, 0.2) is 47.0 Å². The minimum absolute atomic E-state index is 0.0657. The lowest BCUT2D eigenvalue weighted by Crippen LogP contribution is -2.25. The highest BCUT2D eigenvalue weighted by Gasteiger charge is 2.11. The number of hydrogen-bond donors (Lipinski definition) is 1. The molecule has 3 rings (SSSR count). The molecule has 3 aromatic rings. The average molecular weight is 335 g/mol. The number of nitrogens with one attached hydrogen (secondary N) is 1. The number of hydrogen-bond acceptors (Lipinski definition) is 4. The van der Waals surface area contributed by atoms with Crippen molar-refractivity contribution in [2.24, 2.45) is 0 Å². The monoisotopic (exact) mass is 335 g/mol. The third-order valence-corrected chi connectivity index (χ3v) is 4.04. The van der Waals surface area contributed by atoms with Gasteiger partial charge in [0.05, 0.1) is 13.0 Å². The lowest BCUT2D eigenvalue weighted by Gasteiger charge is -2.07. The molecule has 0 saturated carbocycles. The first kappa shape index (κ1) is 16.9. The van der Waals surface area contributed by atoms with Gasteiger partial charge in [-0.1, -0.05) is 52.7 Å². The lowest BCUT2D eigenvalue weighted by atomic mass is 10.0. The minimum atomic E-state index is -0.0657. The molecule has 1 heterocycles. The zero-order chi connectivity index (χ0) is 17.8. The molecule has 0 saturated heterocycles. The second-order valence-electron chi connectivity index (χ2n) is 6.26. The number of aromatic nitrogens is 2. The molecule has 1 N–H and O–H groups in total. The molecule has 0 aliphatic rings. The van der Waals surface area contributed by atoms with E-state index in [1.807, 2.05) is 63.2 Å². The van der Waals surface area contributed by atoms with Gasteiger partial charge in [-0.3, -0.25) is 4.79 Å². The van der Waals surface area contributed by atoms with Gasteiger partial charge in [-0.2, -0.15) is 4.98 Å². The Morgan fingerprint density at radius 1 is 1.08 bits per heavy atom. The third-order valence-electron chi connectivity index (χ3n) is 4.04. The lowest BCUT2D eigenvalue weighted by molar-refractivity contribution is -0.120. The van der Waals surface area contributed by atoms with Gasteiger partial charge in [0, 0.05) is 5.56 Å². The molecule has 0 bridgehead atoms. The Kier molecular flexibility index (Phi) is 4.93. The molecule has 0 aliphatic heterocycles. The van der Waals surface area contributed by atoms with Crippen LogP contribution in [-0.4, -0.2) is 16.0 Å². The molecule has 0 fully saturated rings. The van der Waals surface area contributed by atoms with E-state index in [-0.39, 0.29) is 12.5 Å². The number of aryl methyl sites for hydroxylation is 3. The van der Waals surface area contributed by atoms with Gasteiger partial charge in [-0.25, -0.2) is 0 Å². The Morgan fingerprint density at radius 3 is 2.68 bits per heavy atom. The van der Waals surface area contributed by atoms with Crippen LogP contribution < -0.4 is 5.32 Å². The van der Waals surface area contributed by atoms with E-state index in [2.05, 4.69) is 15.5 Å². The van der Waals surface area contributed by atoms with Crippen LogP contribution in [0.2, 0.25) is 0 Å². The Labute approximate surface area is 147 Å². The van der Waals surface area contributed by atoms with E-state index in [9.17, 15) is 4.79 Å². The van der Waals surface area contributed by atoms with E-state index in [0.717, 1.165) is 27.8 Å².